The zero-order valence-electron chi connectivity index (χ0n) is 20.0. The molecule has 1 aliphatic heterocycles. The van der Waals surface area contributed by atoms with Gasteiger partial charge in [-0.1, -0.05) is 60.2 Å². The number of piperazine rings is 1. The van der Waals surface area contributed by atoms with Crippen molar-refractivity contribution in [3.8, 4) is 11.1 Å². The van der Waals surface area contributed by atoms with Gasteiger partial charge in [0.25, 0.3) is 0 Å². The van der Waals surface area contributed by atoms with E-state index in [1.165, 1.54) is 18.1 Å². The number of nitrogens with zero attached hydrogens (tertiary/aromatic N) is 2. The molecule has 0 saturated carbocycles. The highest BCUT2D eigenvalue weighted by molar-refractivity contribution is 7.80. The van der Waals surface area contributed by atoms with Gasteiger partial charge >= 0.3 is 13.1 Å². The number of carbonyl (C=O) groups excluding carboxylic acids is 1. The lowest BCUT2D eigenvalue weighted by atomic mass is 9.76. The number of ether oxygens (including phenoxy) is 1. The van der Waals surface area contributed by atoms with E-state index in [-0.39, 0.29) is 24.2 Å². The van der Waals surface area contributed by atoms with Crippen LogP contribution in [0.25, 0.3) is 11.1 Å². The van der Waals surface area contributed by atoms with Crippen molar-refractivity contribution in [2.45, 2.75) is 24.3 Å². The minimum Gasteiger partial charge on any atom is -0.448 e. The average molecular weight is 511 g/mol. The zero-order valence-corrected chi connectivity index (χ0v) is 20.9. The summed E-state index contributed by atoms with van der Waals surface area (Å²) in [5, 5.41) is 0. The maximum atomic E-state index is 13.4. The molecule has 1 heterocycles. The molecule has 0 bridgehead atoms. The summed E-state index contributed by atoms with van der Waals surface area (Å²) in [6.07, 6.45) is -0.355. The number of hydrogen-bond acceptors (Lipinski definition) is 4. The Labute approximate surface area is 214 Å². The Kier molecular flexibility index (Phi) is 6.79. The molecule has 0 spiro atoms. The normalized spacial score (nSPS) is 16.1. The quantitative estimate of drug-likeness (QED) is 0.368. The number of hydrogen-bond donors (Lipinski definition) is 1. The van der Waals surface area contributed by atoms with E-state index < -0.39 is 12.4 Å². The molecule has 36 heavy (non-hydrogen) atoms. The van der Waals surface area contributed by atoms with Crippen molar-refractivity contribution in [2.75, 3.05) is 32.8 Å². The maximum absolute atomic E-state index is 13.4. The van der Waals surface area contributed by atoms with Crippen molar-refractivity contribution in [1.82, 2.24) is 9.80 Å². The summed E-state index contributed by atoms with van der Waals surface area (Å²) in [5.74, 6) is 0.00329. The Morgan fingerprint density at radius 2 is 1.56 bits per heavy atom. The highest BCUT2D eigenvalue weighted by atomic mass is 32.1. The molecule has 0 atom stereocenters. The first kappa shape index (κ1) is 24.8. The van der Waals surface area contributed by atoms with E-state index >= 15 is 0 Å². The minimum atomic E-state index is -5.10. The number of benzene rings is 3. The smallest absolute Gasteiger partial charge is 0.448 e. The van der Waals surface area contributed by atoms with Gasteiger partial charge < -0.3 is 22.6 Å². The van der Waals surface area contributed by atoms with Crippen molar-refractivity contribution in [2.24, 2.45) is 0 Å². The maximum Gasteiger partial charge on any atom is 0.509 e. The van der Waals surface area contributed by atoms with Crippen molar-refractivity contribution in [1.29, 1.82) is 0 Å². The Bertz CT molecular complexity index is 1250. The summed E-state index contributed by atoms with van der Waals surface area (Å²) in [4.78, 5) is 16.9. The Morgan fingerprint density at radius 3 is 2.14 bits per heavy atom. The zero-order chi connectivity index (χ0) is 25.4. The second-order valence-corrected chi connectivity index (χ2v) is 9.98. The van der Waals surface area contributed by atoms with Crippen molar-refractivity contribution < 1.29 is 22.5 Å². The predicted molar refractivity (Wildman–Crippen MR) is 139 cm³/mol. The van der Waals surface area contributed by atoms with Gasteiger partial charge in [-0.3, -0.25) is 4.90 Å². The second-order valence-electron chi connectivity index (χ2n) is 9.46. The molecule has 188 valence electrons. The van der Waals surface area contributed by atoms with Crippen LogP contribution in [0.1, 0.15) is 28.2 Å². The molecule has 3 aromatic rings. The number of halogens is 3. The van der Waals surface area contributed by atoms with E-state index in [9.17, 15) is 17.7 Å². The third kappa shape index (κ3) is 4.86. The Hall–Kier alpha value is -2.91. The monoisotopic (exact) mass is 511 g/mol. The van der Waals surface area contributed by atoms with Gasteiger partial charge in [-0.05, 0) is 40.8 Å². The number of rotatable bonds is 5. The predicted octanol–water partition coefficient (Wildman–Crippen LogP) is 5.40. The van der Waals surface area contributed by atoms with Gasteiger partial charge in [0.1, 0.15) is 6.61 Å². The summed E-state index contributed by atoms with van der Waals surface area (Å²) in [6.45, 7) is -0.878. The topological polar surface area (TPSA) is 32.8 Å². The van der Waals surface area contributed by atoms with Gasteiger partial charge in [0.05, 0.1) is 0 Å². The molecule has 4 nitrogen and oxygen atoms in total. The van der Waals surface area contributed by atoms with Crippen LogP contribution in [0.15, 0.2) is 65.6 Å². The van der Waals surface area contributed by atoms with Crippen molar-refractivity contribution in [3.63, 3.8) is 0 Å². The summed E-state index contributed by atoms with van der Waals surface area (Å²) in [5.41, 5.74) is 4.96. The third-order valence-corrected chi connectivity index (χ3v) is 7.51. The molecule has 0 N–H and O–H groups in total. The standard InChI is InChI=1S/C27H27BF3N2O2S/c1-18-19(14-20(36)15-26(18)28(29,30)31)16-32-10-12-33(13-11-32)27(34)35-17-25-23-8-4-2-6-21(23)22-7-3-5-9-24(22)25/h2-9,14-15,25,36H,10-13,16-17H2,1H3/q-1. The van der Waals surface area contributed by atoms with Gasteiger partial charge in [-0.15, -0.1) is 18.1 Å². The number of amides is 1. The number of fused-ring (bicyclic) bond motifs is 3. The molecule has 1 amide bonds. The summed E-state index contributed by atoms with van der Waals surface area (Å²) < 4.78 is 46.1. The van der Waals surface area contributed by atoms with Gasteiger partial charge in [0, 0.05) is 43.5 Å². The van der Waals surface area contributed by atoms with E-state index in [0.29, 0.717) is 43.2 Å². The molecule has 1 fully saturated rings. The van der Waals surface area contributed by atoms with Crippen molar-refractivity contribution in [3.05, 3.63) is 82.9 Å². The van der Waals surface area contributed by atoms with Crippen LogP contribution >= 0.6 is 12.6 Å². The largest absolute Gasteiger partial charge is 0.509 e. The molecule has 5 rings (SSSR count). The van der Waals surface area contributed by atoms with Gasteiger partial charge in [-0.2, -0.15) is 0 Å². The Morgan fingerprint density at radius 1 is 0.972 bits per heavy atom. The van der Waals surface area contributed by atoms with Crippen LogP contribution < -0.4 is 5.46 Å². The lowest BCUT2D eigenvalue weighted by molar-refractivity contribution is 0.0728. The molecule has 9 heteroatoms. The Balaban J connectivity index is 1.19. The highest BCUT2D eigenvalue weighted by Gasteiger charge is 2.31. The molecule has 0 radical (unpaired) electrons. The number of carbonyl (C=O) groups is 1. The van der Waals surface area contributed by atoms with E-state index in [0.717, 1.165) is 17.2 Å². The molecular formula is C27H27BF3N2O2S-. The molecule has 0 unspecified atom stereocenters. The first-order valence-corrected chi connectivity index (χ1v) is 12.5. The lowest BCUT2D eigenvalue weighted by Gasteiger charge is -2.35. The lowest BCUT2D eigenvalue weighted by Crippen LogP contribution is -2.48. The fourth-order valence-corrected chi connectivity index (χ4v) is 5.60. The van der Waals surface area contributed by atoms with Crippen LogP contribution in [0.5, 0.6) is 0 Å². The van der Waals surface area contributed by atoms with Gasteiger partial charge in [0.2, 0.25) is 0 Å². The van der Waals surface area contributed by atoms with E-state index in [2.05, 4.69) is 41.8 Å². The SMILES string of the molecule is Cc1c(CN2CCN(C(=O)OCC3c4ccccc4-c4ccccc43)CC2)cc(S)cc1[B-](F)(F)F. The van der Waals surface area contributed by atoms with Gasteiger partial charge in [-0.25, -0.2) is 4.79 Å². The molecule has 3 aromatic carbocycles. The first-order chi connectivity index (χ1) is 17.2. The van der Waals surface area contributed by atoms with E-state index in [1.807, 2.05) is 24.3 Å². The van der Waals surface area contributed by atoms with Crippen LogP contribution in [0, 0.1) is 6.92 Å². The van der Waals surface area contributed by atoms with Crippen LogP contribution in [0.4, 0.5) is 17.7 Å². The van der Waals surface area contributed by atoms with E-state index in [4.69, 9.17) is 4.74 Å². The first-order valence-electron chi connectivity index (χ1n) is 12.1. The molecule has 1 aliphatic carbocycles. The molecular weight excluding hydrogens is 484 g/mol. The highest BCUT2D eigenvalue weighted by Crippen LogP contribution is 2.44. The fraction of sp³-hybridized carbons (Fsp3) is 0.296. The fourth-order valence-electron chi connectivity index (χ4n) is 5.30. The van der Waals surface area contributed by atoms with E-state index in [1.54, 1.807) is 11.0 Å². The van der Waals surface area contributed by atoms with Crippen molar-refractivity contribution >= 4 is 31.2 Å². The molecule has 0 aromatic heterocycles. The summed E-state index contributed by atoms with van der Waals surface area (Å²) >= 11 is 4.18. The summed E-state index contributed by atoms with van der Waals surface area (Å²) in [7, 11) is 0. The summed E-state index contributed by atoms with van der Waals surface area (Å²) in [6, 6.07) is 19.2. The molecule has 2 aliphatic rings. The number of thiol groups is 1. The molecule has 1 saturated heterocycles. The van der Waals surface area contributed by atoms with Gasteiger partial charge in [0.15, 0.2) is 0 Å². The second kappa shape index (κ2) is 9.86. The van der Waals surface area contributed by atoms with Crippen LogP contribution in [-0.4, -0.2) is 55.7 Å². The minimum absolute atomic E-state index is 0.00329. The van der Waals surface area contributed by atoms with Crippen LogP contribution in [0.2, 0.25) is 0 Å². The van der Waals surface area contributed by atoms with Crippen LogP contribution in [-0.2, 0) is 11.3 Å². The van der Waals surface area contributed by atoms with Crippen LogP contribution in [0.3, 0.4) is 0 Å². The average Bonchev–Trinajstić information content (AvgIpc) is 3.18. The third-order valence-electron chi connectivity index (χ3n) is 7.25.